The van der Waals surface area contributed by atoms with E-state index >= 15 is 0 Å². The smallest absolute Gasteiger partial charge is 0.269 e. The molecule has 1 rings (SSSR count). The van der Waals surface area contributed by atoms with Gasteiger partial charge in [0.25, 0.3) is 5.69 Å². The van der Waals surface area contributed by atoms with Gasteiger partial charge >= 0.3 is 0 Å². The van der Waals surface area contributed by atoms with Gasteiger partial charge < -0.3 is 10.4 Å². The first-order valence-electron chi connectivity index (χ1n) is 5.23. The Balaban J connectivity index is 2.65. The zero-order valence-electron chi connectivity index (χ0n) is 9.79. The molecule has 0 aromatic heterocycles. The largest absolute Gasteiger partial charge is 0.395 e. The molecular weight excluding hydrogens is 240 g/mol. The Morgan fingerprint density at radius 1 is 1.47 bits per heavy atom. The zero-order chi connectivity index (χ0) is 12.8. The molecule has 2 atom stereocenters. The molecule has 6 heteroatoms. The molecule has 0 amide bonds. The third kappa shape index (κ3) is 3.90. The molecule has 0 aliphatic heterocycles. The first-order chi connectivity index (χ1) is 8.08. The highest BCUT2D eigenvalue weighted by molar-refractivity contribution is 7.99. The lowest BCUT2D eigenvalue weighted by Crippen LogP contribution is -2.30. The van der Waals surface area contributed by atoms with Crippen LogP contribution in [0.4, 0.5) is 11.4 Å². The van der Waals surface area contributed by atoms with E-state index in [4.69, 9.17) is 5.11 Å². The standard InChI is InChI=1S/C11H16N2O3S/c1-8(11(7-14)17-2)12-9-3-5-10(6-4-9)13(15)16/h3-6,8,11-12,14H,7H2,1-2H3. The molecule has 1 aromatic carbocycles. The van der Waals surface area contributed by atoms with Crippen molar-refractivity contribution in [1.82, 2.24) is 0 Å². The van der Waals surface area contributed by atoms with Crippen molar-refractivity contribution in [2.45, 2.75) is 18.2 Å². The number of nitro groups is 1. The zero-order valence-corrected chi connectivity index (χ0v) is 10.6. The molecule has 0 spiro atoms. The SMILES string of the molecule is CSC(CO)C(C)Nc1ccc([N+](=O)[O-])cc1. The number of thioether (sulfide) groups is 1. The molecule has 0 aliphatic rings. The van der Waals surface area contributed by atoms with E-state index in [1.807, 2.05) is 13.2 Å². The lowest BCUT2D eigenvalue weighted by atomic mass is 10.2. The molecule has 2 unspecified atom stereocenters. The summed E-state index contributed by atoms with van der Waals surface area (Å²) >= 11 is 1.58. The highest BCUT2D eigenvalue weighted by Crippen LogP contribution is 2.19. The molecule has 0 aliphatic carbocycles. The predicted octanol–water partition coefficient (Wildman–Crippen LogP) is 2.12. The van der Waals surface area contributed by atoms with Crippen LogP contribution in [0.25, 0.3) is 0 Å². The Hall–Kier alpha value is -1.27. The molecule has 17 heavy (non-hydrogen) atoms. The average Bonchev–Trinajstić information content (AvgIpc) is 2.31. The van der Waals surface area contributed by atoms with Gasteiger partial charge in [0.2, 0.25) is 0 Å². The third-order valence-corrected chi connectivity index (χ3v) is 3.68. The van der Waals surface area contributed by atoms with Gasteiger partial charge in [0.15, 0.2) is 0 Å². The maximum atomic E-state index is 10.5. The Labute approximate surface area is 104 Å². The Kier molecular flexibility index (Phi) is 5.24. The molecule has 1 aromatic rings. The first-order valence-corrected chi connectivity index (χ1v) is 6.52. The van der Waals surface area contributed by atoms with Crippen LogP contribution < -0.4 is 5.32 Å². The van der Waals surface area contributed by atoms with Crippen LogP contribution in [-0.4, -0.2) is 34.2 Å². The fraction of sp³-hybridized carbons (Fsp3) is 0.455. The second-order valence-electron chi connectivity index (χ2n) is 3.69. The molecule has 0 fully saturated rings. The maximum absolute atomic E-state index is 10.5. The number of benzene rings is 1. The second kappa shape index (κ2) is 6.46. The van der Waals surface area contributed by atoms with Crippen LogP contribution in [0.1, 0.15) is 6.92 Å². The van der Waals surface area contributed by atoms with Crippen LogP contribution in [0.2, 0.25) is 0 Å². The normalized spacial score (nSPS) is 14.1. The number of hydrogen-bond acceptors (Lipinski definition) is 5. The van der Waals surface area contributed by atoms with E-state index in [1.165, 1.54) is 12.1 Å². The molecule has 94 valence electrons. The van der Waals surface area contributed by atoms with Crippen molar-refractivity contribution in [3.63, 3.8) is 0 Å². The minimum Gasteiger partial charge on any atom is -0.395 e. The van der Waals surface area contributed by atoms with Crippen molar-refractivity contribution >= 4 is 23.1 Å². The lowest BCUT2D eigenvalue weighted by Gasteiger charge is -2.22. The van der Waals surface area contributed by atoms with Crippen LogP contribution in [0, 0.1) is 10.1 Å². The van der Waals surface area contributed by atoms with E-state index in [0.29, 0.717) is 0 Å². The maximum Gasteiger partial charge on any atom is 0.269 e. The van der Waals surface area contributed by atoms with Crippen molar-refractivity contribution < 1.29 is 10.0 Å². The number of rotatable bonds is 6. The van der Waals surface area contributed by atoms with E-state index in [1.54, 1.807) is 23.9 Å². The van der Waals surface area contributed by atoms with Gasteiger partial charge in [-0.25, -0.2) is 0 Å². The van der Waals surface area contributed by atoms with Crippen LogP contribution >= 0.6 is 11.8 Å². The molecule has 0 radical (unpaired) electrons. The summed E-state index contributed by atoms with van der Waals surface area (Å²) in [6.07, 6.45) is 1.94. The van der Waals surface area contributed by atoms with Crippen LogP contribution in [0.15, 0.2) is 24.3 Å². The quantitative estimate of drug-likeness (QED) is 0.602. The molecule has 2 N–H and O–H groups in total. The topological polar surface area (TPSA) is 75.4 Å². The van der Waals surface area contributed by atoms with Gasteiger partial charge in [-0.15, -0.1) is 0 Å². The summed E-state index contributed by atoms with van der Waals surface area (Å²) in [6, 6.07) is 6.35. The van der Waals surface area contributed by atoms with Crippen LogP contribution in [-0.2, 0) is 0 Å². The monoisotopic (exact) mass is 256 g/mol. The molecule has 0 bridgehead atoms. The lowest BCUT2D eigenvalue weighted by molar-refractivity contribution is -0.384. The number of nitro benzene ring substituents is 1. The Bertz CT molecular complexity index is 365. The predicted molar refractivity (Wildman–Crippen MR) is 70.6 cm³/mol. The Morgan fingerprint density at radius 3 is 2.47 bits per heavy atom. The van der Waals surface area contributed by atoms with E-state index in [2.05, 4.69) is 5.32 Å². The van der Waals surface area contributed by atoms with E-state index in [9.17, 15) is 10.1 Å². The van der Waals surface area contributed by atoms with E-state index in [-0.39, 0.29) is 23.6 Å². The molecule has 0 saturated heterocycles. The minimum atomic E-state index is -0.425. The van der Waals surface area contributed by atoms with E-state index < -0.39 is 4.92 Å². The summed E-state index contributed by atoms with van der Waals surface area (Å²) in [5.41, 5.74) is 0.891. The summed E-state index contributed by atoms with van der Waals surface area (Å²) in [4.78, 5) is 10.1. The van der Waals surface area contributed by atoms with Crippen molar-refractivity contribution in [1.29, 1.82) is 0 Å². The van der Waals surface area contributed by atoms with Crippen molar-refractivity contribution in [2.24, 2.45) is 0 Å². The molecule has 5 nitrogen and oxygen atoms in total. The van der Waals surface area contributed by atoms with Gasteiger partial charge in [-0.05, 0) is 25.3 Å². The number of aliphatic hydroxyl groups excluding tert-OH is 1. The molecular formula is C11H16N2O3S. The van der Waals surface area contributed by atoms with Gasteiger partial charge in [-0.1, -0.05) is 0 Å². The summed E-state index contributed by atoms with van der Waals surface area (Å²) in [5, 5.41) is 22.9. The van der Waals surface area contributed by atoms with Gasteiger partial charge in [0.1, 0.15) is 0 Å². The van der Waals surface area contributed by atoms with Crippen molar-refractivity contribution in [3.05, 3.63) is 34.4 Å². The first kappa shape index (κ1) is 13.8. The highest BCUT2D eigenvalue weighted by Gasteiger charge is 2.15. The number of non-ortho nitro benzene ring substituents is 1. The molecule has 0 heterocycles. The van der Waals surface area contributed by atoms with Crippen molar-refractivity contribution in [3.8, 4) is 0 Å². The summed E-state index contributed by atoms with van der Waals surface area (Å²) in [6.45, 7) is 2.07. The van der Waals surface area contributed by atoms with Gasteiger partial charge in [0, 0.05) is 29.1 Å². The van der Waals surface area contributed by atoms with Gasteiger partial charge in [0.05, 0.1) is 11.5 Å². The summed E-state index contributed by atoms with van der Waals surface area (Å²) < 4.78 is 0. The fourth-order valence-corrected chi connectivity index (χ4v) is 2.10. The van der Waals surface area contributed by atoms with Crippen LogP contribution in [0.3, 0.4) is 0 Å². The number of anilines is 1. The fourth-order valence-electron chi connectivity index (χ4n) is 1.47. The minimum absolute atomic E-state index is 0.0757. The number of hydrogen-bond donors (Lipinski definition) is 2. The number of nitrogens with one attached hydrogen (secondary N) is 1. The van der Waals surface area contributed by atoms with Crippen molar-refractivity contribution in [2.75, 3.05) is 18.2 Å². The second-order valence-corrected chi connectivity index (χ2v) is 4.77. The third-order valence-electron chi connectivity index (χ3n) is 2.51. The number of nitrogens with zero attached hydrogens (tertiary/aromatic N) is 1. The molecule has 0 saturated carbocycles. The van der Waals surface area contributed by atoms with Crippen LogP contribution in [0.5, 0.6) is 0 Å². The van der Waals surface area contributed by atoms with E-state index in [0.717, 1.165) is 5.69 Å². The summed E-state index contributed by atoms with van der Waals surface area (Å²) in [7, 11) is 0. The average molecular weight is 256 g/mol. The number of aliphatic hydroxyl groups is 1. The van der Waals surface area contributed by atoms with Gasteiger partial charge in [-0.2, -0.15) is 11.8 Å². The summed E-state index contributed by atoms with van der Waals surface area (Å²) in [5.74, 6) is 0. The van der Waals surface area contributed by atoms with Gasteiger partial charge in [-0.3, -0.25) is 10.1 Å². The highest BCUT2D eigenvalue weighted by atomic mass is 32.2. The Morgan fingerprint density at radius 2 is 2.06 bits per heavy atom.